The zero-order valence-corrected chi connectivity index (χ0v) is 15.3. The van der Waals surface area contributed by atoms with Gasteiger partial charge < -0.3 is 15.1 Å². The van der Waals surface area contributed by atoms with Crippen LogP contribution < -0.4 is 15.1 Å². The van der Waals surface area contributed by atoms with Gasteiger partial charge in [-0.05, 0) is 36.4 Å². The average molecular weight is 377 g/mol. The summed E-state index contributed by atoms with van der Waals surface area (Å²) in [5, 5.41) is 2.57. The fourth-order valence-corrected chi connectivity index (χ4v) is 3.17. The average Bonchev–Trinajstić information content (AvgIpc) is 2.76. The van der Waals surface area contributed by atoms with Crippen LogP contribution >= 0.6 is 0 Å². The van der Waals surface area contributed by atoms with E-state index in [9.17, 15) is 9.18 Å². The highest BCUT2D eigenvalue weighted by Gasteiger charge is 2.19. The maximum atomic E-state index is 13.7. The molecule has 0 aliphatic carbocycles. The van der Waals surface area contributed by atoms with Crippen molar-refractivity contribution in [1.29, 1.82) is 0 Å². The van der Waals surface area contributed by atoms with Crippen molar-refractivity contribution in [1.82, 2.24) is 9.97 Å². The fraction of sp³-hybridized carbons (Fsp3) is 0.190. The molecule has 0 radical (unpaired) electrons. The highest BCUT2D eigenvalue weighted by molar-refractivity contribution is 6.04. The summed E-state index contributed by atoms with van der Waals surface area (Å²) < 4.78 is 13.7. The Hall–Kier alpha value is -3.48. The van der Waals surface area contributed by atoms with Crippen LogP contribution in [0.1, 0.15) is 10.4 Å². The normalized spacial score (nSPS) is 14.0. The molecule has 0 bridgehead atoms. The van der Waals surface area contributed by atoms with Gasteiger partial charge in [0.05, 0.1) is 11.3 Å². The van der Waals surface area contributed by atoms with Gasteiger partial charge in [-0.3, -0.25) is 4.79 Å². The van der Waals surface area contributed by atoms with E-state index < -0.39 is 5.82 Å². The lowest BCUT2D eigenvalue weighted by atomic mass is 10.2. The predicted molar refractivity (Wildman–Crippen MR) is 107 cm³/mol. The van der Waals surface area contributed by atoms with E-state index in [1.807, 2.05) is 24.3 Å². The van der Waals surface area contributed by atoms with E-state index >= 15 is 0 Å². The first-order valence-corrected chi connectivity index (χ1v) is 9.13. The highest BCUT2D eigenvalue weighted by Crippen LogP contribution is 2.18. The molecule has 4 rings (SSSR count). The van der Waals surface area contributed by atoms with Crippen LogP contribution in [0.2, 0.25) is 0 Å². The molecule has 1 aliphatic rings. The number of carbonyl (C=O) groups is 1. The van der Waals surface area contributed by atoms with Gasteiger partial charge >= 0.3 is 0 Å². The third-order valence-electron chi connectivity index (χ3n) is 4.71. The summed E-state index contributed by atoms with van der Waals surface area (Å²) in [5.74, 6) is 0.953. The third kappa shape index (κ3) is 3.93. The number of para-hydroxylation sites is 1. The molecule has 1 N–H and O–H groups in total. The molecule has 1 fully saturated rings. The molecular formula is C21H20FN5O. The van der Waals surface area contributed by atoms with E-state index in [4.69, 9.17) is 0 Å². The number of piperazine rings is 1. The summed E-state index contributed by atoms with van der Waals surface area (Å²) in [6.45, 7) is 3.36. The van der Waals surface area contributed by atoms with E-state index in [1.54, 1.807) is 24.4 Å². The minimum atomic E-state index is -0.466. The van der Waals surface area contributed by atoms with Crippen LogP contribution in [-0.2, 0) is 0 Å². The number of nitrogens with zero attached hydrogens (tertiary/aromatic N) is 4. The Bertz CT molecular complexity index is 941. The number of pyridine rings is 2. The van der Waals surface area contributed by atoms with Gasteiger partial charge in [0.2, 0.25) is 0 Å². The molecule has 1 saturated heterocycles. The third-order valence-corrected chi connectivity index (χ3v) is 4.71. The van der Waals surface area contributed by atoms with E-state index in [2.05, 4.69) is 25.1 Å². The zero-order valence-electron chi connectivity index (χ0n) is 15.3. The lowest BCUT2D eigenvalue weighted by molar-refractivity contribution is 0.102. The SMILES string of the molecule is O=C(Nc1ccccc1F)c1ccc(N2CCN(c3ccccn3)CC2)nc1. The Morgan fingerprint density at radius 3 is 2.14 bits per heavy atom. The van der Waals surface area contributed by atoms with Crippen molar-refractivity contribution in [3.8, 4) is 0 Å². The van der Waals surface area contributed by atoms with Gasteiger partial charge in [-0.15, -0.1) is 0 Å². The van der Waals surface area contributed by atoms with Crippen LogP contribution in [0.25, 0.3) is 0 Å². The number of nitrogens with one attached hydrogen (secondary N) is 1. The Morgan fingerprint density at radius 2 is 1.54 bits per heavy atom. The molecule has 3 aromatic rings. The van der Waals surface area contributed by atoms with Gasteiger partial charge in [-0.1, -0.05) is 18.2 Å². The smallest absolute Gasteiger partial charge is 0.257 e. The maximum absolute atomic E-state index is 13.7. The number of benzene rings is 1. The van der Waals surface area contributed by atoms with Crippen LogP contribution in [0.15, 0.2) is 67.0 Å². The van der Waals surface area contributed by atoms with Gasteiger partial charge in [-0.2, -0.15) is 0 Å². The lowest BCUT2D eigenvalue weighted by Crippen LogP contribution is -2.47. The van der Waals surface area contributed by atoms with Crippen molar-refractivity contribution < 1.29 is 9.18 Å². The molecule has 0 saturated carbocycles. The van der Waals surface area contributed by atoms with Gasteiger partial charge in [0.15, 0.2) is 0 Å². The van der Waals surface area contributed by atoms with Gasteiger partial charge in [0.25, 0.3) is 5.91 Å². The quantitative estimate of drug-likeness (QED) is 0.757. The largest absolute Gasteiger partial charge is 0.353 e. The highest BCUT2D eigenvalue weighted by atomic mass is 19.1. The molecule has 0 unspecified atom stereocenters. The molecule has 1 aromatic carbocycles. The standard InChI is InChI=1S/C21H20FN5O/c22-17-5-1-2-6-18(17)25-21(28)16-8-9-20(24-15-16)27-13-11-26(12-14-27)19-7-3-4-10-23-19/h1-10,15H,11-14H2,(H,25,28). The minimum absolute atomic E-state index is 0.155. The Kier molecular flexibility index (Phi) is 5.14. The first-order chi connectivity index (χ1) is 13.7. The maximum Gasteiger partial charge on any atom is 0.257 e. The van der Waals surface area contributed by atoms with E-state index in [1.165, 1.54) is 18.3 Å². The van der Waals surface area contributed by atoms with Crippen LogP contribution in [0.3, 0.4) is 0 Å². The molecule has 0 atom stereocenters. The minimum Gasteiger partial charge on any atom is -0.353 e. The number of rotatable bonds is 4. The number of carbonyl (C=O) groups excluding carboxylic acids is 1. The van der Waals surface area contributed by atoms with Crippen molar-refractivity contribution in [2.24, 2.45) is 0 Å². The lowest BCUT2D eigenvalue weighted by Gasteiger charge is -2.36. The van der Waals surface area contributed by atoms with E-state index in [-0.39, 0.29) is 11.6 Å². The van der Waals surface area contributed by atoms with Gasteiger partial charge in [-0.25, -0.2) is 14.4 Å². The van der Waals surface area contributed by atoms with Gasteiger partial charge in [0, 0.05) is 38.6 Å². The second-order valence-electron chi connectivity index (χ2n) is 6.50. The number of amides is 1. The number of hydrogen-bond donors (Lipinski definition) is 1. The summed E-state index contributed by atoms with van der Waals surface area (Å²) >= 11 is 0. The summed E-state index contributed by atoms with van der Waals surface area (Å²) in [6.07, 6.45) is 3.32. The number of anilines is 3. The predicted octanol–water partition coefficient (Wildman–Crippen LogP) is 3.19. The Morgan fingerprint density at radius 1 is 0.857 bits per heavy atom. The second-order valence-corrected chi connectivity index (χ2v) is 6.50. The molecule has 0 spiro atoms. The van der Waals surface area contributed by atoms with Crippen molar-refractivity contribution in [3.05, 3.63) is 78.4 Å². The van der Waals surface area contributed by atoms with Gasteiger partial charge in [0.1, 0.15) is 17.5 Å². The zero-order chi connectivity index (χ0) is 19.3. The number of aromatic nitrogens is 2. The molecule has 2 aromatic heterocycles. The molecule has 142 valence electrons. The summed E-state index contributed by atoms with van der Waals surface area (Å²) in [4.78, 5) is 25.5. The van der Waals surface area contributed by atoms with Crippen LogP contribution in [0.4, 0.5) is 21.7 Å². The molecule has 1 amide bonds. The van der Waals surface area contributed by atoms with Crippen LogP contribution in [-0.4, -0.2) is 42.1 Å². The van der Waals surface area contributed by atoms with Crippen LogP contribution in [0.5, 0.6) is 0 Å². The molecular weight excluding hydrogens is 357 g/mol. The fourth-order valence-electron chi connectivity index (χ4n) is 3.17. The Balaban J connectivity index is 1.37. The monoisotopic (exact) mass is 377 g/mol. The second kappa shape index (κ2) is 8.04. The Labute approximate surface area is 162 Å². The molecule has 1 aliphatic heterocycles. The molecule has 3 heterocycles. The molecule has 28 heavy (non-hydrogen) atoms. The summed E-state index contributed by atoms with van der Waals surface area (Å²) in [7, 11) is 0. The first kappa shape index (κ1) is 17.9. The summed E-state index contributed by atoms with van der Waals surface area (Å²) in [6, 6.07) is 15.5. The molecule has 7 heteroatoms. The summed E-state index contributed by atoms with van der Waals surface area (Å²) in [5.41, 5.74) is 0.543. The van der Waals surface area contributed by atoms with Crippen molar-refractivity contribution in [2.75, 3.05) is 41.3 Å². The van der Waals surface area contributed by atoms with Crippen LogP contribution in [0, 0.1) is 5.82 Å². The van der Waals surface area contributed by atoms with E-state index in [0.717, 1.165) is 37.8 Å². The number of hydrogen-bond acceptors (Lipinski definition) is 5. The molecule has 6 nitrogen and oxygen atoms in total. The van der Waals surface area contributed by atoms with E-state index in [0.29, 0.717) is 5.56 Å². The topological polar surface area (TPSA) is 61.4 Å². The first-order valence-electron chi connectivity index (χ1n) is 9.13. The van der Waals surface area contributed by atoms with Crippen molar-refractivity contribution in [3.63, 3.8) is 0 Å². The van der Waals surface area contributed by atoms with Crippen molar-refractivity contribution >= 4 is 23.2 Å². The number of halogens is 1. The van der Waals surface area contributed by atoms with Crippen molar-refractivity contribution in [2.45, 2.75) is 0 Å².